The van der Waals surface area contributed by atoms with Gasteiger partial charge in [-0.15, -0.1) is 0 Å². The molecule has 6 rings (SSSR count). The zero-order chi connectivity index (χ0) is 19.1. The topological polar surface area (TPSA) is 101 Å². The number of aromatic nitrogens is 3. The Morgan fingerprint density at radius 2 is 2.04 bits per heavy atom. The van der Waals surface area contributed by atoms with Crippen LogP contribution in [-0.4, -0.2) is 39.5 Å². The van der Waals surface area contributed by atoms with Crippen LogP contribution in [0.1, 0.15) is 50.6 Å². The van der Waals surface area contributed by atoms with E-state index in [1.807, 2.05) is 18.2 Å². The summed E-state index contributed by atoms with van der Waals surface area (Å²) in [6.07, 6.45) is 5.91. The van der Waals surface area contributed by atoms with E-state index in [1.54, 1.807) is 6.20 Å². The Hall–Kier alpha value is -2.77. The first-order valence-corrected chi connectivity index (χ1v) is 10.0. The van der Waals surface area contributed by atoms with Crippen LogP contribution in [0.5, 0.6) is 5.88 Å². The van der Waals surface area contributed by atoms with Gasteiger partial charge < -0.3 is 20.1 Å². The molecule has 1 amide bonds. The molecule has 2 aliphatic carbocycles. The van der Waals surface area contributed by atoms with E-state index in [4.69, 9.17) is 9.47 Å². The smallest absolute Gasteiger partial charge is 0.407 e. The molecule has 2 fully saturated rings. The molecule has 2 aliphatic heterocycles. The minimum absolute atomic E-state index is 0.0308. The van der Waals surface area contributed by atoms with Gasteiger partial charge >= 0.3 is 6.09 Å². The predicted molar refractivity (Wildman–Crippen MR) is 103 cm³/mol. The fourth-order valence-corrected chi connectivity index (χ4v) is 4.44. The molecule has 0 aromatic carbocycles. The monoisotopic (exact) mass is 383 g/mol. The number of fused-ring (bicyclic) bond motifs is 3. The predicted octanol–water partition coefficient (Wildman–Crippen LogP) is 3.47. The van der Waals surface area contributed by atoms with Crippen LogP contribution in [0.2, 0.25) is 0 Å². The Bertz CT molecular complexity index is 863. The first-order chi connectivity index (χ1) is 13.6. The average Bonchev–Trinajstić information content (AvgIpc) is 3.26. The molecule has 4 aliphatic rings. The Morgan fingerprint density at radius 3 is 2.93 bits per heavy atom. The molecule has 0 radical (unpaired) electrons. The summed E-state index contributed by atoms with van der Waals surface area (Å²) in [7, 11) is 0. The van der Waals surface area contributed by atoms with Gasteiger partial charge in [-0.25, -0.2) is 9.78 Å². The van der Waals surface area contributed by atoms with Crippen LogP contribution < -0.4 is 15.4 Å². The van der Waals surface area contributed by atoms with Gasteiger partial charge in [0, 0.05) is 41.7 Å². The second-order valence-electron chi connectivity index (χ2n) is 8.15. The minimum Gasteiger partial charge on any atom is -0.474 e. The molecule has 0 unspecified atom stereocenters. The summed E-state index contributed by atoms with van der Waals surface area (Å²) in [4.78, 5) is 16.5. The third-order valence-corrected chi connectivity index (χ3v) is 6.17. The fraction of sp³-hybridized carbons (Fsp3) is 0.550. The number of pyridine rings is 1. The van der Waals surface area contributed by atoms with E-state index in [-0.39, 0.29) is 24.3 Å². The quantitative estimate of drug-likeness (QED) is 0.644. The summed E-state index contributed by atoms with van der Waals surface area (Å²) in [6, 6.07) is 5.98. The van der Waals surface area contributed by atoms with Gasteiger partial charge in [0.15, 0.2) is 5.82 Å². The van der Waals surface area contributed by atoms with E-state index in [2.05, 4.69) is 32.7 Å². The third kappa shape index (κ3) is 3.50. The minimum atomic E-state index is -0.301. The number of anilines is 2. The molecule has 8 bridgehead atoms. The molecule has 0 saturated heterocycles. The van der Waals surface area contributed by atoms with Crippen molar-refractivity contribution in [3.63, 3.8) is 0 Å². The van der Waals surface area contributed by atoms with Crippen LogP contribution in [-0.2, 0) is 4.74 Å². The number of hydrogen-bond acceptors (Lipinski definition) is 6. The number of nitrogens with one attached hydrogen (secondary N) is 3. The van der Waals surface area contributed by atoms with E-state index in [9.17, 15) is 4.79 Å². The standard InChI is InChI=1S/C20H25N5O3/c1-11-13-6-15(7-13)23-20(26)28-16-3-2-12(8-16)17-10-18(25-24-17)22-14-4-5-21-19(9-14)27-11/h4-5,9-13,15-16H,2-3,6-8H2,1H3,(H,23,26)(H2,22,24,25)/t11-,12-,13?,15?,16+/m0/s1. The summed E-state index contributed by atoms with van der Waals surface area (Å²) in [5.41, 5.74) is 1.96. The van der Waals surface area contributed by atoms with E-state index in [0.29, 0.717) is 17.7 Å². The van der Waals surface area contributed by atoms with E-state index in [0.717, 1.165) is 49.3 Å². The summed E-state index contributed by atoms with van der Waals surface area (Å²) in [5.74, 6) is 2.06. The molecule has 28 heavy (non-hydrogen) atoms. The lowest BCUT2D eigenvalue weighted by atomic mass is 9.77. The molecule has 148 valence electrons. The number of alkyl carbamates (subject to hydrolysis) is 1. The van der Waals surface area contributed by atoms with Gasteiger partial charge in [-0.05, 0) is 51.0 Å². The van der Waals surface area contributed by atoms with Crippen LogP contribution in [0.3, 0.4) is 0 Å². The average molecular weight is 383 g/mol. The third-order valence-electron chi connectivity index (χ3n) is 6.17. The molecule has 8 nitrogen and oxygen atoms in total. The van der Waals surface area contributed by atoms with Crippen molar-refractivity contribution in [1.82, 2.24) is 20.5 Å². The molecule has 3 N–H and O–H groups in total. The highest BCUT2D eigenvalue weighted by atomic mass is 16.6. The largest absolute Gasteiger partial charge is 0.474 e. The number of aromatic amines is 1. The molecule has 2 aromatic rings. The van der Waals surface area contributed by atoms with Crippen LogP contribution in [0.4, 0.5) is 16.3 Å². The molecule has 4 heterocycles. The number of amides is 1. The van der Waals surface area contributed by atoms with E-state index >= 15 is 0 Å². The normalized spacial score (nSPS) is 31.9. The lowest BCUT2D eigenvalue weighted by Crippen LogP contribution is -2.49. The first-order valence-electron chi connectivity index (χ1n) is 10.0. The highest BCUT2D eigenvalue weighted by Crippen LogP contribution is 2.37. The van der Waals surface area contributed by atoms with Gasteiger partial charge in [0.05, 0.1) is 0 Å². The second-order valence-corrected chi connectivity index (χ2v) is 8.15. The first kappa shape index (κ1) is 17.3. The van der Waals surface area contributed by atoms with Crippen molar-refractivity contribution in [3.8, 4) is 5.88 Å². The summed E-state index contributed by atoms with van der Waals surface area (Å²) < 4.78 is 11.7. The van der Waals surface area contributed by atoms with Gasteiger partial charge in [-0.1, -0.05) is 0 Å². The zero-order valence-corrected chi connectivity index (χ0v) is 15.9. The number of carbonyl (C=O) groups excluding carboxylic acids is 1. The van der Waals surface area contributed by atoms with Crippen molar-refractivity contribution in [2.75, 3.05) is 5.32 Å². The molecule has 2 saturated carbocycles. The Labute approximate surface area is 163 Å². The number of ether oxygens (including phenoxy) is 2. The SMILES string of the molecule is C[C@@H]1Oc2cc(ccn2)Nc2cc([nH]n2)[C@H]2CC[C@H](C2)OC(=O)NC2CC1C2. The lowest BCUT2D eigenvalue weighted by Gasteiger charge is -2.39. The molecule has 3 atom stereocenters. The van der Waals surface area contributed by atoms with Crippen LogP contribution in [0.15, 0.2) is 24.4 Å². The number of carbonyl (C=O) groups is 1. The van der Waals surface area contributed by atoms with Gasteiger partial charge in [0.25, 0.3) is 0 Å². The number of hydrogen-bond donors (Lipinski definition) is 3. The second kappa shape index (κ2) is 7.00. The number of nitrogens with zero attached hydrogens (tertiary/aromatic N) is 2. The summed E-state index contributed by atoms with van der Waals surface area (Å²) in [6.45, 7) is 2.05. The highest BCUT2D eigenvalue weighted by Gasteiger charge is 2.37. The fourth-order valence-electron chi connectivity index (χ4n) is 4.44. The number of H-pyrrole nitrogens is 1. The maximum absolute atomic E-state index is 12.2. The highest BCUT2D eigenvalue weighted by molar-refractivity contribution is 5.68. The maximum atomic E-state index is 12.2. The van der Waals surface area contributed by atoms with E-state index in [1.165, 1.54) is 0 Å². The molecule has 0 spiro atoms. The zero-order valence-electron chi connectivity index (χ0n) is 15.9. The van der Waals surface area contributed by atoms with Crippen molar-refractivity contribution in [2.45, 2.75) is 63.2 Å². The van der Waals surface area contributed by atoms with Gasteiger partial charge in [0.1, 0.15) is 12.2 Å². The van der Waals surface area contributed by atoms with Crippen LogP contribution in [0.25, 0.3) is 0 Å². The van der Waals surface area contributed by atoms with Crippen molar-refractivity contribution in [3.05, 3.63) is 30.1 Å². The van der Waals surface area contributed by atoms with Gasteiger partial charge in [-0.3, -0.25) is 5.10 Å². The van der Waals surface area contributed by atoms with Crippen LogP contribution >= 0.6 is 0 Å². The van der Waals surface area contributed by atoms with Crippen molar-refractivity contribution >= 4 is 17.6 Å². The maximum Gasteiger partial charge on any atom is 0.407 e. The van der Waals surface area contributed by atoms with Gasteiger partial charge in [0.2, 0.25) is 5.88 Å². The van der Waals surface area contributed by atoms with Crippen molar-refractivity contribution < 1.29 is 14.3 Å². The molecule has 8 heteroatoms. The lowest BCUT2D eigenvalue weighted by molar-refractivity contribution is 0.0561. The summed E-state index contributed by atoms with van der Waals surface area (Å²) >= 11 is 0. The van der Waals surface area contributed by atoms with Crippen LogP contribution in [0, 0.1) is 5.92 Å². The van der Waals surface area contributed by atoms with E-state index < -0.39 is 0 Å². The number of rotatable bonds is 0. The Balaban J connectivity index is 1.38. The Kier molecular flexibility index (Phi) is 4.33. The van der Waals surface area contributed by atoms with Crippen molar-refractivity contribution in [1.29, 1.82) is 0 Å². The van der Waals surface area contributed by atoms with Crippen molar-refractivity contribution in [2.24, 2.45) is 5.92 Å². The summed E-state index contributed by atoms with van der Waals surface area (Å²) in [5, 5.41) is 13.8. The molecular formula is C20H25N5O3. The van der Waals surface area contributed by atoms with Gasteiger partial charge in [-0.2, -0.15) is 5.10 Å². The molecule has 2 aromatic heterocycles. The Morgan fingerprint density at radius 1 is 1.14 bits per heavy atom. The molecular weight excluding hydrogens is 358 g/mol.